The van der Waals surface area contributed by atoms with Crippen molar-refractivity contribution in [2.45, 2.75) is 39.7 Å². The zero-order valence-corrected chi connectivity index (χ0v) is 9.93. The molecule has 16 heavy (non-hydrogen) atoms. The SMILES string of the molecule is CCC(CC)C(O)c1cc(C)c(F)cc1F. The van der Waals surface area contributed by atoms with Crippen LogP contribution in [0.3, 0.4) is 0 Å². The van der Waals surface area contributed by atoms with Gasteiger partial charge in [0.15, 0.2) is 0 Å². The van der Waals surface area contributed by atoms with Crippen molar-refractivity contribution in [2.24, 2.45) is 5.92 Å². The third-order valence-corrected chi connectivity index (χ3v) is 3.09. The summed E-state index contributed by atoms with van der Waals surface area (Å²) in [6, 6.07) is 2.24. The first-order chi connectivity index (χ1) is 7.51. The van der Waals surface area contributed by atoms with Gasteiger partial charge in [-0.3, -0.25) is 0 Å². The van der Waals surface area contributed by atoms with Gasteiger partial charge in [-0.05, 0) is 24.5 Å². The first kappa shape index (κ1) is 13.1. The van der Waals surface area contributed by atoms with E-state index in [2.05, 4.69) is 0 Å². The van der Waals surface area contributed by atoms with E-state index in [-0.39, 0.29) is 11.5 Å². The minimum absolute atomic E-state index is 0.0133. The summed E-state index contributed by atoms with van der Waals surface area (Å²) in [5.74, 6) is -1.22. The minimum atomic E-state index is -0.853. The number of aliphatic hydroxyl groups is 1. The number of halogens is 2. The molecule has 0 saturated heterocycles. The summed E-state index contributed by atoms with van der Waals surface area (Å²) in [5.41, 5.74) is 0.564. The van der Waals surface area contributed by atoms with Crippen molar-refractivity contribution in [3.05, 3.63) is 34.9 Å². The molecule has 1 unspecified atom stereocenters. The molecular formula is C13H18F2O. The van der Waals surface area contributed by atoms with E-state index < -0.39 is 17.7 Å². The van der Waals surface area contributed by atoms with E-state index >= 15 is 0 Å². The molecule has 1 atom stereocenters. The Morgan fingerprint density at radius 2 is 1.69 bits per heavy atom. The molecule has 0 aliphatic rings. The lowest BCUT2D eigenvalue weighted by Crippen LogP contribution is -2.13. The summed E-state index contributed by atoms with van der Waals surface area (Å²) < 4.78 is 26.6. The smallest absolute Gasteiger partial charge is 0.131 e. The summed E-state index contributed by atoms with van der Waals surface area (Å²) in [6.07, 6.45) is 0.690. The normalized spacial score (nSPS) is 13.2. The van der Waals surface area contributed by atoms with Crippen LogP contribution >= 0.6 is 0 Å². The van der Waals surface area contributed by atoms with Crippen LogP contribution in [0.2, 0.25) is 0 Å². The monoisotopic (exact) mass is 228 g/mol. The van der Waals surface area contributed by atoms with Gasteiger partial charge in [-0.2, -0.15) is 0 Å². The molecule has 0 aliphatic heterocycles. The van der Waals surface area contributed by atoms with E-state index in [4.69, 9.17) is 0 Å². The van der Waals surface area contributed by atoms with E-state index in [0.29, 0.717) is 5.56 Å². The largest absolute Gasteiger partial charge is 0.388 e. The maximum Gasteiger partial charge on any atom is 0.131 e. The number of hydrogen-bond donors (Lipinski definition) is 1. The molecule has 0 amide bonds. The molecule has 0 saturated carbocycles. The van der Waals surface area contributed by atoms with Crippen molar-refractivity contribution < 1.29 is 13.9 Å². The molecule has 0 radical (unpaired) electrons. The summed E-state index contributed by atoms with van der Waals surface area (Å²) in [6.45, 7) is 5.47. The van der Waals surface area contributed by atoms with Gasteiger partial charge in [0.2, 0.25) is 0 Å². The highest BCUT2D eigenvalue weighted by atomic mass is 19.1. The molecule has 0 spiro atoms. The zero-order chi connectivity index (χ0) is 12.3. The Labute approximate surface area is 95.1 Å². The van der Waals surface area contributed by atoms with Crippen molar-refractivity contribution in [3.63, 3.8) is 0 Å². The Bertz CT molecular complexity index is 359. The van der Waals surface area contributed by atoms with E-state index in [1.165, 1.54) is 6.07 Å². The maximum absolute atomic E-state index is 13.5. The Kier molecular flexibility index (Phi) is 4.42. The molecule has 0 aliphatic carbocycles. The zero-order valence-electron chi connectivity index (χ0n) is 9.93. The topological polar surface area (TPSA) is 20.2 Å². The predicted octanol–water partition coefficient (Wildman–Crippen LogP) is 3.74. The van der Waals surface area contributed by atoms with Gasteiger partial charge < -0.3 is 5.11 Å². The third-order valence-electron chi connectivity index (χ3n) is 3.09. The average Bonchev–Trinajstić information content (AvgIpc) is 2.25. The summed E-state index contributed by atoms with van der Waals surface area (Å²) in [7, 11) is 0. The molecule has 0 heterocycles. The molecule has 90 valence electrons. The van der Waals surface area contributed by atoms with E-state index in [9.17, 15) is 13.9 Å². The summed E-state index contributed by atoms with van der Waals surface area (Å²) in [4.78, 5) is 0. The molecule has 0 fully saturated rings. The van der Waals surface area contributed by atoms with Gasteiger partial charge in [0.05, 0.1) is 6.10 Å². The molecule has 1 N–H and O–H groups in total. The quantitative estimate of drug-likeness (QED) is 0.832. The van der Waals surface area contributed by atoms with Gasteiger partial charge in [0, 0.05) is 11.6 Å². The Hall–Kier alpha value is -0.960. The second kappa shape index (κ2) is 5.39. The van der Waals surface area contributed by atoms with Crippen molar-refractivity contribution >= 4 is 0 Å². The first-order valence-electron chi connectivity index (χ1n) is 5.64. The maximum atomic E-state index is 13.5. The van der Waals surface area contributed by atoms with Crippen LogP contribution in [0.5, 0.6) is 0 Å². The highest BCUT2D eigenvalue weighted by Crippen LogP contribution is 2.30. The molecule has 1 aromatic carbocycles. The fourth-order valence-electron chi connectivity index (χ4n) is 1.90. The van der Waals surface area contributed by atoms with Crippen LogP contribution in [0.15, 0.2) is 12.1 Å². The molecular weight excluding hydrogens is 210 g/mol. The van der Waals surface area contributed by atoms with Crippen LogP contribution in [0.25, 0.3) is 0 Å². The van der Waals surface area contributed by atoms with Gasteiger partial charge in [0.25, 0.3) is 0 Å². The van der Waals surface area contributed by atoms with Crippen molar-refractivity contribution in [1.29, 1.82) is 0 Å². The number of aryl methyl sites for hydroxylation is 1. The van der Waals surface area contributed by atoms with E-state index in [1.807, 2.05) is 13.8 Å². The number of aliphatic hydroxyl groups excluding tert-OH is 1. The fourth-order valence-corrected chi connectivity index (χ4v) is 1.90. The average molecular weight is 228 g/mol. The fraction of sp³-hybridized carbons (Fsp3) is 0.538. The number of hydrogen-bond acceptors (Lipinski definition) is 1. The number of benzene rings is 1. The molecule has 1 rings (SSSR count). The highest BCUT2D eigenvalue weighted by molar-refractivity contribution is 5.27. The summed E-state index contributed by atoms with van der Waals surface area (Å²) in [5, 5.41) is 10.0. The van der Waals surface area contributed by atoms with Crippen LogP contribution in [0.1, 0.15) is 43.9 Å². The predicted molar refractivity (Wildman–Crippen MR) is 60.1 cm³/mol. The second-order valence-electron chi connectivity index (χ2n) is 4.14. The van der Waals surface area contributed by atoms with Gasteiger partial charge in [0.1, 0.15) is 11.6 Å². The van der Waals surface area contributed by atoms with Crippen molar-refractivity contribution in [2.75, 3.05) is 0 Å². The lowest BCUT2D eigenvalue weighted by molar-refractivity contribution is 0.0994. The first-order valence-corrected chi connectivity index (χ1v) is 5.64. The molecule has 0 bridgehead atoms. The minimum Gasteiger partial charge on any atom is -0.388 e. The molecule has 1 nitrogen and oxygen atoms in total. The van der Waals surface area contributed by atoms with Gasteiger partial charge >= 0.3 is 0 Å². The lowest BCUT2D eigenvalue weighted by Gasteiger charge is -2.21. The highest BCUT2D eigenvalue weighted by Gasteiger charge is 2.21. The van der Waals surface area contributed by atoms with Crippen LogP contribution < -0.4 is 0 Å². The lowest BCUT2D eigenvalue weighted by atomic mass is 9.90. The van der Waals surface area contributed by atoms with Crippen LogP contribution in [0.4, 0.5) is 8.78 Å². The van der Waals surface area contributed by atoms with Crippen molar-refractivity contribution in [1.82, 2.24) is 0 Å². The standard InChI is InChI=1S/C13H18F2O/c1-4-9(5-2)13(16)10-6-8(3)11(14)7-12(10)15/h6-7,9,13,16H,4-5H2,1-3H3. The van der Waals surface area contributed by atoms with Crippen molar-refractivity contribution in [3.8, 4) is 0 Å². The third kappa shape index (κ3) is 2.59. The van der Waals surface area contributed by atoms with E-state index in [1.54, 1.807) is 6.92 Å². The Morgan fingerprint density at radius 1 is 1.12 bits per heavy atom. The van der Waals surface area contributed by atoms with Gasteiger partial charge in [-0.15, -0.1) is 0 Å². The van der Waals surface area contributed by atoms with Gasteiger partial charge in [-0.1, -0.05) is 26.7 Å². The Morgan fingerprint density at radius 3 is 2.19 bits per heavy atom. The second-order valence-corrected chi connectivity index (χ2v) is 4.14. The van der Waals surface area contributed by atoms with Crippen LogP contribution in [-0.4, -0.2) is 5.11 Å². The van der Waals surface area contributed by atoms with Crippen LogP contribution in [0, 0.1) is 24.5 Å². The van der Waals surface area contributed by atoms with E-state index in [0.717, 1.165) is 18.9 Å². The van der Waals surface area contributed by atoms with Gasteiger partial charge in [-0.25, -0.2) is 8.78 Å². The molecule has 3 heteroatoms. The number of rotatable bonds is 4. The summed E-state index contributed by atoms with van der Waals surface area (Å²) >= 11 is 0. The molecule has 0 aromatic heterocycles. The Balaban J connectivity index is 3.07. The molecule has 1 aromatic rings. The van der Waals surface area contributed by atoms with Crippen LogP contribution in [-0.2, 0) is 0 Å².